The molecule has 0 aromatic rings. The Bertz CT molecular complexity index is 955. The molecule has 1 rings (SSSR count). The molecule has 0 radical (unpaired) electrons. The minimum absolute atomic E-state index is 0.0539. The van der Waals surface area contributed by atoms with Crippen LogP contribution in [0.1, 0.15) is 32.1 Å². The van der Waals surface area contributed by atoms with Gasteiger partial charge in [-0.2, -0.15) is 0 Å². The van der Waals surface area contributed by atoms with Gasteiger partial charge in [-0.25, -0.2) is 0 Å². The molecule has 208 valence electrons. The van der Waals surface area contributed by atoms with Crippen LogP contribution in [-0.4, -0.2) is 109 Å². The second-order valence-corrected chi connectivity index (χ2v) is 9.01. The fraction of sp³-hybridized carbons (Fsp3) is 0.500. The van der Waals surface area contributed by atoms with Crippen LogP contribution in [0.5, 0.6) is 0 Å². The Labute approximate surface area is 221 Å². The van der Waals surface area contributed by atoms with Crippen LogP contribution in [0.15, 0.2) is 36.5 Å². The molecular weight excluding hydrogens is 498 g/mol. The van der Waals surface area contributed by atoms with Crippen molar-refractivity contribution in [3.63, 3.8) is 0 Å². The van der Waals surface area contributed by atoms with E-state index in [1.165, 1.54) is 22.0 Å². The number of carbonyl (C=O) groups is 7. The van der Waals surface area contributed by atoms with Crippen molar-refractivity contribution in [3.8, 4) is 0 Å². The monoisotopic (exact) mass is 533 g/mol. The first-order valence-corrected chi connectivity index (χ1v) is 12.1. The third kappa shape index (κ3) is 11.4. The van der Waals surface area contributed by atoms with E-state index in [1.807, 2.05) is 0 Å². The summed E-state index contributed by atoms with van der Waals surface area (Å²) in [5.74, 6) is -2.62. The van der Waals surface area contributed by atoms with Crippen LogP contribution < -0.4 is 0 Å². The predicted molar refractivity (Wildman–Crippen MR) is 136 cm³/mol. The summed E-state index contributed by atoms with van der Waals surface area (Å²) in [7, 11) is 3.14. The van der Waals surface area contributed by atoms with Crippen molar-refractivity contribution >= 4 is 42.2 Å². The zero-order chi connectivity index (χ0) is 28.6. The highest BCUT2D eigenvalue weighted by Crippen LogP contribution is 2.32. The number of aldehydes is 2. The summed E-state index contributed by atoms with van der Waals surface area (Å²) in [6, 6.07) is 0. The van der Waals surface area contributed by atoms with Gasteiger partial charge in [0.15, 0.2) is 0 Å². The number of allylic oxidation sites excluding steroid dienone is 2. The van der Waals surface area contributed by atoms with Crippen LogP contribution in [0.3, 0.4) is 0 Å². The van der Waals surface area contributed by atoms with Gasteiger partial charge in [0, 0.05) is 63.4 Å². The van der Waals surface area contributed by atoms with Gasteiger partial charge >= 0.3 is 5.97 Å². The van der Waals surface area contributed by atoms with E-state index >= 15 is 0 Å². The van der Waals surface area contributed by atoms with Crippen LogP contribution in [0.25, 0.3) is 0 Å². The van der Waals surface area contributed by atoms with E-state index in [1.54, 1.807) is 14.1 Å². The first kappa shape index (κ1) is 32.1. The lowest BCUT2D eigenvalue weighted by Gasteiger charge is -2.38. The number of likely N-dealkylation sites (N-methyl/N-ethyl adjacent to an activating group) is 2. The molecule has 1 heterocycles. The fourth-order valence-corrected chi connectivity index (χ4v) is 4.07. The van der Waals surface area contributed by atoms with Gasteiger partial charge in [0.1, 0.15) is 12.6 Å². The largest absolute Gasteiger partial charge is 0.481 e. The molecule has 0 saturated heterocycles. The van der Waals surface area contributed by atoms with Gasteiger partial charge in [0.25, 0.3) is 11.8 Å². The summed E-state index contributed by atoms with van der Waals surface area (Å²) in [5.41, 5.74) is -0.723. The van der Waals surface area contributed by atoms with Crippen molar-refractivity contribution in [2.45, 2.75) is 32.1 Å². The minimum atomic E-state index is -1.02. The Morgan fingerprint density at radius 1 is 0.947 bits per heavy atom. The molecular formula is C26H35N3O9. The number of aliphatic carboxylic acids is 1. The molecule has 1 aliphatic rings. The van der Waals surface area contributed by atoms with Crippen molar-refractivity contribution in [1.29, 1.82) is 0 Å². The molecule has 0 spiro atoms. The van der Waals surface area contributed by atoms with Gasteiger partial charge < -0.3 is 19.6 Å². The van der Waals surface area contributed by atoms with Crippen LogP contribution in [0, 0.1) is 5.41 Å². The first-order valence-electron chi connectivity index (χ1n) is 12.1. The Kier molecular flexibility index (Phi) is 14.1. The molecule has 4 amide bonds. The van der Waals surface area contributed by atoms with E-state index in [2.05, 4.69) is 0 Å². The molecule has 0 saturated carbocycles. The molecule has 0 aliphatic carbocycles. The van der Waals surface area contributed by atoms with Crippen LogP contribution >= 0.6 is 0 Å². The average Bonchev–Trinajstić information content (AvgIpc) is 3.20. The number of imide groups is 1. The average molecular weight is 534 g/mol. The molecule has 0 aromatic carbocycles. The summed E-state index contributed by atoms with van der Waals surface area (Å²) in [4.78, 5) is 84.6. The molecule has 1 N–H and O–H groups in total. The number of amides is 4. The molecule has 12 heteroatoms. The standard InChI is InChI=1S/C26H35N3O9/c1-27(21(32)7-3-16-30)14-5-12-26(20-38-18-11-25(36)37,19-28(2)22(33)8-4-17-31)13-6-15-29-23(34)9-10-24(29)35/h3-4,7-10,16-17H,5-6,11-15,18-20H2,1-2H3,(H,36,37)/b7-3-,8-4-. The number of carboxylic acid groups (broad SMARTS) is 1. The lowest BCUT2D eigenvalue weighted by Crippen LogP contribution is -2.43. The van der Waals surface area contributed by atoms with Crippen molar-refractivity contribution in [1.82, 2.24) is 14.7 Å². The third-order valence-corrected chi connectivity index (χ3v) is 6.02. The Hall–Kier alpha value is -3.93. The number of rotatable bonds is 19. The lowest BCUT2D eigenvalue weighted by molar-refractivity contribution is -0.139. The third-order valence-electron chi connectivity index (χ3n) is 6.02. The van der Waals surface area contributed by atoms with Crippen LogP contribution in [0.4, 0.5) is 0 Å². The van der Waals surface area contributed by atoms with Crippen LogP contribution in [-0.2, 0) is 38.3 Å². The lowest BCUT2D eigenvalue weighted by atomic mass is 9.78. The second kappa shape index (κ2) is 16.7. The topological polar surface area (TPSA) is 159 Å². The number of hydrogen-bond acceptors (Lipinski definition) is 8. The molecule has 1 unspecified atom stereocenters. The Morgan fingerprint density at radius 3 is 2.05 bits per heavy atom. The summed E-state index contributed by atoms with van der Waals surface area (Å²) in [5, 5.41) is 8.96. The predicted octanol–water partition coefficient (Wildman–Crippen LogP) is 0.377. The van der Waals surface area contributed by atoms with Gasteiger partial charge in [-0.15, -0.1) is 0 Å². The van der Waals surface area contributed by atoms with Crippen molar-refractivity contribution in [2.24, 2.45) is 5.41 Å². The van der Waals surface area contributed by atoms with Gasteiger partial charge in [-0.1, -0.05) is 0 Å². The number of ether oxygens (including phenoxy) is 1. The molecule has 0 fully saturated rings. The number of nitrogens with zero attached hydrogens (tertiary/aromatic N) is 3. The van der Waals surface area contributed by atoms with E-state index in [0.717, 1.165) is 29.2 Å². The van der Waals surface area contributed by atoms with E-state index in [-0.39, 0.29) is 38.6 Å². The van der Waals surface area contributed by atoms with E-state index in [4.69, 9.17) is 9.84 Å². The highest BCUT2D eigenvalue weighted by molar-refractivity contribution is 6.12. The maximum absolute atomic E-state index is 12.5. The SMILES string of the molecule is CN(CCCC(CCCN1C(=O)C=CC1=O)(COCCC(=O)O)CN(C)C(=O)/C=C\C=O)C(=O)/C=C\C=O. The quantitative estimate of drug-likeness (QED) is 0.107. The zero-order valence-electron chi connectivity index (χ0n) is 21.7. The van der Waals surface area contributed by atoms with E-state index < -0.39 is 29.1 Å². The van der Waals surface area contributed by atoms with Gasteiger partial charge in [-0.05, 0) is 37.8 Å². The van der Waals surface area contributed by atoms with E-state index in [9.17, 15) is 33.6 Å². The Morgan fingerprint density at radius 2 is 1.50 bits per heavy atom. The van der Waals surface area contributed by atoms with Gasteiger partial charge in [-0.3, -0.25) is 38.5 Å². The number of carboxylic acids is 1. The summed E-state index contributed by atoms with van der Waals surface area (Å²) in [6.07, 6.45) is 9.36. The van der Waals surface area contributed by atoms with Crippen LogP contribution in [0.2, 0.25) is 0 Å². The zero-order valence-corrected chi connectivity index (χ0v) is 21.7. The summed E-state index contributed by atoms with van der Waals surface area (Å²) < 4.78 is 5.71. The van der Waals surface area contributed by atoms with Crippen molar-refractivity contribution in [3.05, 3.63) is 36.5 Å². The number of carbonyl (C=O) groups excluding carboxylic acids is 6. The minimum Gasteiger partial charge on any atom is -0.481 e. The first-order chi connectivity index (χ1) is 18.0. The normalized spacial score (nSPS) is 14.7. The van der Waals surface area contributed by atoms with Crippen molar-refractivity contribution in [2.75, 3.05) is 46.9 Å². The highest BCUT2D eigenvalue weighted by atomic mass is 16.5. The molecule has 38 heavy (non-hydrogen) atoms. The summed E-state index contributed by atoms with van der Waals surface area (Å²) >= 11 is 0. The summed E-state index contributed by atoms with van der Waals surface area (Å²) in [6.45, 7) is 0.679. The number of hydrogen-bond donors (Lipinski definition) is 1. The maximum Gasteiger partial charge on any atom is 0.305 e. The molecule has 12 nitrogen and oxygen atoms in total. The molecule has 0 aromatic heterocycles. The smallest absolute Gasteiger partial charge is 0.305 e. The molecule has 1 aliphatic heterocycles. The van der Waals surface area contributed by atoms with Crippen molar-refractivity contribution < 1.29 is 43.4 Å². The second-order valence-electron chi connectivity index (χ2n) is 9.01. The fourth-order valence-electron chi connectivity index (χ4n) is 4.07. The highest BCUT2D eigenvalue weighted by Gasteiger charge is 2.34. The Balaban J connectivity index is 3.08. The molecule has 1 atom stereocenters. The van der Waals surface area contributed by atoms with Gasteiger partial charge in [0.2, 0.25) is 11.8 Å². The van der Waals surface area contributed by atoms with E-state index in [0.29, 0.717) is 44.8 Å². The molecule has 0 bridgehead atoms. The van der Waals surface area contributed by atoms with Gasteiger partial charge in [0.05, 0.1) is 19.6 Å². The maximum atomic E-state index is 12.5.